The number of anilines is 1. The van der Waals surface area contributed by atoms with E-state index in [1.807, 2.05) is 31.2 Å². The summed E-state index contributed by atoms with van der Waals surface area (Å²) in [5, 5.41) is 14.1. The van der Waals surface area contributed by atoms with Crippen LogP contribution < -0.4 is 5.32 Å². The molecule has 100 valence electrons. The fourth-order valence-electron chi connectivity index (χ4n) is 2.79. The number of aryl methyl sites for hydroxylation is 1. The maximum atomic E-state index is 12.1. The first-order valence-corrected chi connectivity index (χ1v) is 6.70. The van der Waals surface area contributed by atoms with Crippen LogP contribution in [0.3, 0.4) is 0 Å². The molecule has 1 heterocycles. The van der Waals surface area contributed by atoms with Crippen LogP contribution >= 0.6 is 0 Å². The number of aromatic nitrogens is 1. The maximum absolute atomic E-state index is 12.1. The quantitative estimate of drug-likeness (QED) is 0.775. The smallest absolute Gasteiger partial charge is 0.256 e. The summed E-state index contributed by atoms with van der Waals surface area (Å²) in [5.41, 5.74) is 1.70. The summed E-state index contributed by atoms with van der Waals surface area (Å²) in [4.78, 5) is 15.3. The van der Waals surface area contributed by atoms with Crippen molar-refractivity contribution in [3.05, 3.63) is 30.0 Å². The molecular weight excluding hydrogens is 240 g/mol. The molecule has 1 fully saturated rings. The fourth-order valence-corrected chi connectivity index (χ4v) is 2.79. The monoisotopic (exact) mass is 258 g/mol. The fraction of sp³-hybridized carbons (Fsp3) is 0.400. The highest BCUT2D eigenvalue weighted by atomic mass is 16.3. The van der Waals surface area contributed by atoms with E-state index in [-0.39, 0.29) is 5.91 Å². The Balaban J connectivity index is 1.82. The van der Waals surface area contributed by atoms with Crippen molar-refractivity contribution in [2.24, 2.45) is 0 Å². The van der Waals surface area contributed by atoms with E-state index >= 15 is 0 Å². The molecular formula is C15H18N2O2. The molecule has 1 saturated carbocycles. The van der Waals surface area contributed by atoms with Gasteiger partial charge in [0.05, 0.1) is 0 Å². The van der Waals surface area contributed by atoms with Crippen molar-refractivity contribution in [1.29, 1.82) is 0 Å². The Morgan fingerprint density at radius 3 is 2.79 bits per heavy atom. The van der Waals surface area contributed by atoms with Crippen LogP contribution in [0.25, 0.3) is 10.9 Å². The van der Waals surface area contributed by atoms with Gasteiger partial charge in [-0.05, 0) is 56.9 Å². The van der Waals surface area contributed by atoms with Gasteiger partial charge in [-0.1, -0.05) is 0 Å². The molecule has 0 spiro atoms. The summed E-state index contributed by atoms with van der Waals surface area (Å²) >= 11 is 0. The van der Waals surface area contributed by atoms with Gasteiger partial charge in [0, 0.05) is 22.3 Å². The molecule has 1 aliphatic carbocycles. The van der Waals surface area contributed by atoms with Crippen molar-refractivity contribution in [1.82, 2.24) is 4.98 Å². The molecule has 19 heavy (non-hydrogen) atoms. The third-order valence-electron chi connectivity index (χ3n) is 3.87. The average Bonchev–Trinajstić information content (AvgIpc) is 2.95. The molecule has 1 aromatic carbocycles. The molecule has 0 radical (unpaired) electrons. The van der Waals surface area contributed by atoms with E-state index < -0.39 is 5.60 Å². The minimum atomic E-state index is -1.18. The first kappa shape index (κ1) is 12.2. The van der Waals surface area contributed by atoms with E-state index in [1.54, 1.807) is 0 Å². The molecule has 0 saturated heterocycles. The summed E-state index contributed by atoms with van der Waals surface area (Å²) < 4.78 is 0. The van der Waals surface area contributed by atoms with Crippen molar-refractivity contribution in [2.75, 3.05) is 5.32 Å². The number of hydrogen-bond acceptors (Lipinski definition) is 2. The van der Waals surface area contributed by atoms with Gasteiger partial charge in [0.15, 0.2) is 0 Å². The number of fused-ring (bicyclic) bond motifs is 1. The van der Waals surface area contributed by atoms with Crippen LogP contribution in [0.4, 0.5) is 5.69 Å². The van der Waals surface area contributed by atoms with Gasteiger partial charge < -0.3 is 15.4 Å². The summed E-state index contributed by atoms with van der Waals surface area (Å²) in [6.07, 6.45) is 2.95. The highest BCUT2D eigenvalue weighted by molar-refractivity contribution is 5.99. The molecule has 1 aliphatic rings. The highest BCUT2D eigenvalue weighted by Crippen LogP contribution is 2.31. The van der Waals surface area contributed by atoms with Crippen molar-refractivity contribution in [2.45, 2.75) is 38.2 Å². The van der Waals surface area contributed by atoms with Gasteiger partial charge in [-0.3, -0.25) is 4.79 Å². The first-order chi connectivity index (χ1) is 9.07. The van der Waals surface area contributed by atoms with Crippen molar-refractivity contribution in [3.8, 4) is 0 Å². The van der Waals surface area contributed by atoms with Crippen molar-refractivity contribution >= 4 is 22.5 Å². The predicted octanol–water partition coefficient (Wildman–Crippen LogP) is 2.72. The first-order valence-electron chi connectivity index (χ1n) is 6.70. The number of amides is 1. The van der Waals surface area contributed by atoms with Crippen molar-refractivity contribution < 1.29 is 9.90 Å². The standard InChI is InChI=1S/C15H18N2O2/c1-10-8-11-9-12(4-5-13(11)16-10)17-14(18)15(19)6-2-3-7-15/h4-5,8-9,16,19H,2-3,6-7H2,1H3,(H,17,18). The zero-order valence-corrected chi connectivity index (χ0v) is 11.0. The van der Waals surface area contributed by atoms with Gasteiger partial charge in [-0.15, -0.1) is 0 Å². The van der Waals surface area contributed by atoms with Crippen LogP contribution in [-0.2, 0) is 4.79 Å². The molecule has 2 aromatic rings. The topological polar surface area (TPSA) is 65.1 Å². The van der Waals surface area contributed by atoms with Gasteiger partial charge in [0.1, 0.15) is 5.60 Å². The summed E-state index contributed by atoms with van der Waals surface area (Å²) in [6, 6.07) is 7.76. The molecule has 0 aliphatic heterocycles. The van der Waals surface area contributed by atoms with E-state index in [2.05, 4.69) is 10.3 Å². The minimum absolute atomic E-state index is 0.281. The van der Waals surface area contributed by atoms with Gasteiger partial charge in [-0.2, -0.15) is 0 Å². The Labute approximate surface area is 111 Å². The van der Waals surface area contributed by atoms with Gasteiger partial charge >= 0.3 is 0 Å². The lowest BCUT2D eigenvalue weighted by Crippen LogP contribution is -2.40. The number of carbonyl (C=O) groups excluding carboxylic acids is 1. The summed E-state index contributed by atoms with van der Waals surface area (Å²) in [6.45, 7) is 2.00. The van der Waals surface area contributed by atoms with Crippen molar-refractivity contribution in [3.63, 3.8) is 0 Å². The highest BCUT2D eigenvalue weighted by Gasteiger charge is 2.38. The van der Waals surface area contributed by atoms with Gasteiger partial charge in [0.25, 0.3) is 5.91 Å². The Hall–Kier alpha value is -1.81. The molecule has 4 heteroatoms. The van der Waals surface area contributed by atoms with E-state index in [1.165, 1.54) is 0 Å². The molecule has 4 nitrogen and oxygen atoms in total. The van der Waals surface area contributed by atoms with Crippen LogP contribution in [0.15, 0.2) is 24.3 Å². The van der Waals surface area contributed by atoms with Gasteiger partial charge in [-0.25, -0.2) is 0 Å². The number of benzene rings is 1. The molecule has 1 amide bonds. The summed E-state index contributed by atoms with van der Waals surface area (Å²) in [7, 11) is 0. The van der Waals surface area contributed by atoms with Gasteiger partial charge in [0.2, 0.25) is 0 Å². The zero-order chi connectivity index (χ0) is 13.5. The van der Waals surface area contributed by atoms with E-state index in [9.17, 15) is 9.90 Å². The van der Waals surface area contributed by atoms with Crippen LogP contribution in [0.5, 0.6) is 0 Å². The van der Waals surface area contributed by atoms with Crippen LogP contribution in [0.1, 0.15) is 31.4 Å². The molecule has 0 bridgehead atoms. The third kappa shape index (κ3) is 2.24. The Kier molecular flexibility index (Phi) is 2.82. The molecule has 3 N–H and O–H groups in total. The predicted molar refractivity (Wildman–Crippen MR) is 75.1 cm³/mol. The number of aromatic amines is 1. The number of carbonyl (C=O) groups is 1. The lowest BCUT2D eigenvalue weighted by Gasteiger charge is -2.20. The Morgan fingerprint density at radius 2 is 2.05 bits per heavy atom. The zero-order valence-electron chi connectivity index (χ0n) is 11.0. The molecule has 3 rings (SSSR count). The number of nitrogens with one attached hydrogen (secondary N) is 2. The number of aliphatic hydroxyl groups is 1. The van der Waals surface area contributed by atoms with E-state index in [4.69, 9.17) is 0 Å². The second-order valence-corrected chi connectivity index (χ2v) is 5.45. The van der Waals surface area contributed by atoms with Crippen LogP contribution in [0, 0.1) is 6.92 Å². The second-order valence-electron chi connectivity index (χ2n) is 5.45. The van der Waals surface area contributed by atoms with E-state index in [0.29, 0.717) is 12.8 Å². The minimum Gasteiger partial charge on any atom is -0.380 e. The maximum Gasteiger partial charge on any atom is 0.256 e. The molecule has 0 atom stereocenters. The van der Waals surface area contributed by atoms with Crippen LogP contribution in [-0.4, -0.2) is 21.6 Å². The Bertz CT molecular complexity index is 624. The lowest BCUT2D eigenvalue weighted by molar-refractivity contribution is -0.133. The third-order valence-corrected chi connectivity index (χ3v) is 3.87. The second kappa shape index (κ2) is 4.38. The largest absolute Gasteiger partial charge is 0.380 e. The summed E-state index contributed by atoms with van der Waals surface area (Å²) in [5.74, 6) is -0.281. The molecule has 0 unspecified atom stereocenters. The van der Waals surface area contributed by atoms with Crippen LogP contribution in [0.2, 0.25) is 0 Å². The normalized spacial score (nSPS) is 17.8. The lowest BCUT2D eigenvalue weighted by atomic mass is 10.0. The van der Waals surface area contributed by atoms with E-state index in [0.717, 1.165) is 35.1 Å². The molecule has 1 aromatic heterocycles. The number of rotatable bonds is 2. The SMILES string of the molecule is Cc1cc2cc(NC(=O)C3(O)CCCC3)ccc2[nH]1. The number of H-pyrrole nitrogens is 1. The Morgan fingerprint density at radius 1 is 1.32 bits per heavy atom. The number of hydrogen-bond donors (Lipinski definition) is 3. The average molecular weight is 258 g/mol.